The number of esters is 2. The van der Waals surface area contributed by atoms with Gasteiger partial charge in [0.1, 0.15) is 6.61 Å². The van der Waals surface area contributed by atoms with Crippen molar-refractivity contribution in [2.45, 2.75) is 367 Å². The van der Waals surface area contributed by atoms with Crippen molar-refractivity contribution in [1.82, 2.24) is 0 Å². The third-order valence-electron chi connectivity index (χ3n) is 16.7. The van der Waals surface area contributed by atoms with Crippen LogP contribution in [0.2, 0.25) is 0 Å². The lowest BCUT2D eigenvalue weighted by atomic mass is 10.0. The number of carbonyl (C=O) groups excluding carboxylic acids is 2. The molecule has 9 nitrogen and oxygen atoms in total. The zero-order valence-corrected chi connectivity index (χ0v) is 60.2. The van der Waals surface area contributed by atoms with Crippen molar-refractivity contribution >= 4 is 19.8 Å². The number of nitrogens with two attached hydrogens (primary N) is 1. The minimum atomic E-state index is -4.40. The van der Waals surface area contributed by atoms with Gasteiger partial charge < -0.3 is 20.1 Å². The van der Waals surface area contributed by atoms with E-state index in [1.165, 1.54) is 238 Å². The van der Waals surface area contributed by atoms with Gasteiger partial charge in [-0.1, -0.05) is 361 Å². The maximum Gasteiger partial charge on any atom is 0.472 e. The van der Waals surface area contributed by atoms with Crippen LogP contribution >= 0.6 is 7.82 Å². The van der Waals surface area contributed by atoms with Crippen molar-refractivity contribution in [3.05, 3.63) is 109 Å². The fraction of sp³-hybridized carbons (Fsp3) is 0.753. The van der Waals surface area contributed by atoms with E-state index in [-0.39, 0.29) is 38.6 Å². The lowest BCUT2D eigenvalue weighted by molar-refractivity contribution is -0.161. The van der Waals surface area contributed by atoms with Crippen LogP contribution in [0, 0.1) is 0 Å². The summed E-state index contributed by atoms with van der Waals surface area (Å²) in [6.07, 6.45) is 105. The molecule has 526 valence electrons. The van der Waals surface area contributed by atoms with Gasteiger partial charge in [-0.3, -0.25) is 18.6 Å². The number of ether oxygens (including phenoxy) is 2. The first kappa shape index (κ1) is 87.7. The molecule has 0 heterocycles. The molecule has 0 radical (unpaired) electrons. The molecule has 2 unspecified atom stereocenters. The number of hydrogen-bond donors (Lipinski definition) is 2. The first-order valence-electron chi connectivity index (χ1n) is 38.4. The van der Waals surface area contributed by atoms with E-state index >= 15 is 0 Å². The summed E-state index contributed by atoms with van der Waals surface area (Å²) in [4.78, 5) is 35.4. The number of carbonyl (C=O) groups is 2. The number of hydrogen-bond acceptors (Lipinski definition) is 8. The SMILES string of the molecule is CC/C=C\C/C=C\C/C=C\C/C=C\C/C=C\CCCCCCCCCCCCCCCCCCCCCCCCCC(=O)OC(COC(=O)CCCCCCCCCCCCCCCCCCCC/C=C\C/C=C\C/C=C\C/C=C\CC)COP(=O)(O)OCCN. The molecule has 0 spiro atoms. The van der Waals surface area contributed by atoms with Crippen LogP contribution in [0.5, 0.6) is 0 Å². The van der Waals surface area contributed by atoms with Gasteiger partial charge in [0, 0.05) is 19.4 Å². The molecule has 0 aromatic heterocycles. The third kappa shape index (κ3) is 75.6. The molecule has 0 aliphatic carbocycles. The van der Waals surface area contributed by atoms with Gasteiger partial charge in [-0.15, -0.1) is 0 Å². The van der Waals surface area contributed by atoms with Crippen molar-refractivity contribution in [3.63, 3.8) is 0 Å². The number of rotatable bonds is 72. The van der Waals surface area contributed by atoms with Crippen LogP contribution in [0.25, 0.3) is 0 Å². The summed E-state index contributed by atoms with van der Waals surface area (Å²) in [5.74, 6) is -0.811. The van der Waals surface area contributed by atoms with E-state index in [9.17, 15) is 19.0 Å². The Hall–Kier alpha value is -3.33. The lowest BCUT2D eigenvalue weighted by Gasteiger charge is -2.19. The quantitative estimate of drug-likeness (QED) is 0.0264. The second kappa shape index (κ2) is 75.7. The van der Waals surface area contributed by atoms with Crippen LogP contribution in [0.3, 0.4) is 0 Å². The molecule has 0 amide bonds. The molecule has 0 saturated heterocycles. The smallest absolute Gasteiger partial charge is 0.462 e. The van der Waals surface area contributed by atoms with Crippen LogP contribution in [0.1, 0.15) is 361 Å². The Labute approximate surface area is 562 Å². The second-order valence-electron chi connectivity index (χ2n) is 25.5. The summed E-state index contributed by atoms with van der Waals surface area (Å²) in [5.41, 5.74) is 5.41. The zero-order valence-electron chi connectivity index (χ0n) is 59.3. The van der Waals surface area contributed by atoms with Crippen LogP contribution in [0.4, 0.5) is 0 Å². The molecule has 0 rings (SSSR count). The van der Waals surface area contributed by atoms with E-state index in [1.54, 1.807) is 0 Å². The van der Waals surface area contributed by atoms with Crippen molar-refractivity contribution < 1.29 is 37.6 Å². The maximum absolute atomic E-state index is 12.8. The second-order valence-corrected chi connectivity index (χ2v) is 26.9. The van der Waals surface area contributed by atoms with Crippen molar-refractivity contribution in [3.8, 4) is 0 Å². The number of phosphoric acid groups is 1. The standard InChI is InChI=1S/C81H144NO8P/c1-3-5-7-9-11-13-15-17-19-21-23-25-27-29-31-33-35-36-37-38-39-40-41-42-44-46-48-50-52-54-56-58-60-62-64-66-68-70-72-74-81(84)90-79(78-89-91(85,86)88-76-75-82)77-87-80(83)73-71-69-67-65-63-61-59-57-55-53-51-49-47-45-43-34-32-30-28-26-24-22-20-18-16-14-12-10-8-6-4-2/h5-8,11-14,17-20,23-26,29,31,79H,3-4,9-10,15-16,21-22,27-28,30,32-78,82H2,1-2H3,(H,85,86)/b7-5-,8-6-,13-11-,14-12-,19-17-,20-18-,25-23-,26-24-,31-29-. The predicted octanol–water partition coefficient (Wildman–Crippen LogP) is 25.6. The van der Waals surface area contributed by atoms with Crippen molar-refractivity contribution in [2.75, 3.05) is 26.4 Å². The molecule has 0 aromatic rings. The first-order chi connectivity index (χ1) is 44.8. The Morgan fingerprint density at radius 3 is 0.846 bits per heavy atom. The van der Waals surface area contributed by atoms with Crippen LogP contribution in [0.15, 0.2) is 109 Å². The van der Waals surface area contributed by atoms with Crippen LogP contribution in [-0.2, 0) is 32.7 Å². The fourth-order valence-electron chi connectivity index (χ4n) is 11.1. The third-order valence-corrected chi connectivity index (χ3v) is 17.6. The van der Waals surface area contributed by atoms with Gasteiger partial charge in [-0.2, -0.15) is 0 Å². The number of phosphoric ester groups is 1. The van der Waals surface area contributed by atoms with Gasteiger partial charge in [0.15, 0.2) is 6.10 Å². The van der Waals surface area contributed by atoms with E-state index in [0.717, 1.165) is 89.9 Å². The van der Waals surface area contributed by atoms with Gasteiger partial charge >= 0.3 is 19.8 Å². The molecule has 3 N–H and O–H groups in total. The van der Waals surface area contributed by atoms with Crippen molar-refractivity contribution in [1.29, 1.82) is 0 Å². The van der Waals surface area contributed by atoms with E-state index < -0.39 is 26.5 Å². The van der Waals surface area contributed by atoms with E-state index in [2.05, 4.69) is 123 Å². The van der Waals surface area contributed by atoms with Crippen molar-refractivity contribution in [2.24, 2.45) is 5.73 Å². The summed E-state index contributed by atoms with van der Waals surface area (Å²) in [6, 6.07) is 0. The highest BCUT2D eigenvalue weighted by Crippen LogP contribution is 2.43. The number of unbranched alkanes of at least 4 members (excludes halogenated alkanes) is 41. The lowest BCUT2D eigenvalue weighted by Crippen LogP contribution is -2.29. The average Bonchev–Trinajstić information content (AvgIpc) is 3.71. The monoisotopic (exact) mass is 1290 g/mol. The first-order valence-corrected chi connectivity index (χ1v) is 39.9. The molecule has 0 fully saturated rings. The topological polar surface area (TPSA) is 134 Å². The minimum Gasteiger partial charge on any atom is -0.462 e. The molecule has 2 atom stereocenters. The molecule has 91 heavy (non-hydrogen) atoms. The molecular weight excluding hydrogens is 1150 g/mol. The van der Waals surface area contributed by atoms with Gasteiger partial charge in [0.05, 0.1) is 13.2 Å². The van der Waals surface area contributed by atoms with Crippen LogP contribution < -0.4 is 5.73 Å². The Bertz CT molecular complexity index is 1860. The van der Waals surface area contributed by atoms with E-state index in [1.807, 2.05) is 0 Å². The van der Waals surface area contributed by atoms with E-state index in [4.69, 9.17) is 24.3 Å². The molecule has 0 bridgehead atoms. The minimum absolute atomic E-state index is 0.0528. The molecule has 0 saturated carbocycles. The Morgan fingerprint density at radius 1 is 0.330 bits per heavy atom. The predicted molar refractivity (Wildman–Crippen MR) is 395 cm³/mol. The summed E-state index contributed by atoms with van der Waals surface area (Å²) >= 11 is 0. The highest BCUT2D eigenvalue weighted by molar-refractivity contribution is 7.47. The fourth-order valence-corrected chi connectivity index (χ4v) is 11.8. The maximum atomic E-state index is 12.8. The van der Waals surface area contributed by atoms with Gasteiger partial charge in [0.2, 0.25) is 0 Å². The highest BCUT2D eigenvalue weighted by atomic mass is 31.2. The summed E-state index contributed by atoms with van der Waals surface area (Å²) in [6.45, 7) is 3.57. The molecule has 10 heteroatoms. The summed E-state index contributed by atoms with van der Waals surface area (Å²) < 4.78 is 33.3. The van der Waals surface area contributed by atoms with Crippen LogP contribution in [-0.4, -0.2) is 49.3 Å². The average molecular weight is 1290 g/mol. The Balaban J connectivity index is 3.79. The summed E-state index contributed by atoms with van der Waals surface area (Å²) in [7, 11) is -4.40. The summed E-state index contributed by atoms with van der Waals surface area (Å²) in [5, 5.41) is 0. The van der Waals surface area contributed by atoms with Gasteiger partial charge in [-0.25, -0.2) is 4.57 Å². The molecule has 0 aliphatic rings. The molecule has 0 aliphatic heterocycles. The Kier molecular flexibility index (Phi) is 72.9. The zero-order chi connectivity index (χ0) is 65.8. The van der Waals surface area contributed by atoms with Gasteiger partial charge in [-0.05, 0) is 96.3 Å². The normalized spacial score (nSPS) is 13.5. The highest BCUT2D eigenvalue weighted by Gasteiger charge is 2.26. The van der Waals surface area contributed by atoms with E-state index in [0.29, 0.717) is 6.42 Å². The molecule has 0 aromatic carbocycles. The molecular formula is C81H144NO8P. The van der Waals surface area contributed by atoms with Gasteiger partial charge in [0.25, 0.3) is 0 Å². The Morgan fingerprint density at radius 2 is 0.571 bits per heavy atom. The number of allylic oxidation sites excluding steroid dienone is 18. The largest absolute Gasteiger partial charge is 0.472 e.